The molecule has 3 aromatic rings. The molecular weight excluding hydrogens is 486 g/mol. The van der Waals surface area contributed by atoms with Crippen molar-refractivity contribution in [3.63, 3.8) is 0 Å². The fourth-order valence-corrected chi connectivity index (χ4v) is 5.68. The number of benzene rings is 3. The fourth-order valence-electron chi connectivity index (χ4n) is 5.68. The average Bonchev–Trinajstić information content (AvgIpc) is 2.96. The van der Waals surface area contributed by atoms with Gasteiger partial charge in [0, 0.05) is 44.8 Å². The quantitative estimate of drug-likeness (QED) is 0.414. The summed E-state index contributed by atoms with van der Waals surface area (Å²) in [7, 11) is 0. The number of hydrogen-bond acceptors (Lipinski definition) is 4. The van der Waals surface area contributed by atoms with Crippen molar-refractivity contribution in [3.8, 4) is 5.75 Å². The van der Waals surface area contributed by atoms with Gasteiger partial charge >= 0.3 is 0 Å². The number of ether oxygens (including phenoxy) is 1. The number of carbonyl (C=O) groups excluding carboxylic acids is 2. The lowest BCUT2D eigenvalue weighted by molar-refractivity contribution is -0.139. The molecule has 0 radical (unpaired) electrons. The van der Waals surface area contributed by atoms with Crippen LogP contribution in [0.25, 0.3) is 0 Å². The van der Waals surface area contributed by atoms with Gasteiger partial charge in [-0.15, -0.1) is 6.58 Å². The summed E-state index contributed by atoms with van der Waals surface area (Å²) in [5.41, 5.74) is 5.14. The minimum absolute atomic E-state index is 0.00194. The van der Waals surface area contributed by atoms with E-state index in [1.54, 1.807) is 0 Å². The zero-order valence-electron chi connectivity index (χ0n) is 22.9. The van der Waals surface area contributed by atoms with Crippen LogP contribution in [0.2, 0.25) is 0 Å². The average molecular weight is 524 g/mol. The summed E-state index contributed by atoms with van der Waals surface area (Å²) in [6.45, 7) is 12.2. The van der Waals surface area contributed by atoms with E-state index in [9.17, 15) is 9.59 Å². The van der Waals surface area contributed by atoms with Gasteiger partial charge in [-0.1, -0.05) is 60.2 Å². The van der Waals surface area contributed by atoms with Crippen molar-refractivity contribution in [2.75, 3.05) is 39.3 Å². The molecule has 2 aliphatic heterocycles. The molecule has 0 unspecified atom stereocenters. The largest absolute Gasteiger partial charge is 0.481 e. The third kappa shape index (κ3) is 5.91. The third-order valence-electron chi connectivity index (χ3n) is 7.72. The highest BCUT2D eigenvalue weighted by Gasteiger charge is 2.33. The summed E-state index contributed by atoms with van der Waals surface area (Å²) in [5, 5.41) is 0. The number of aryl methyl sites for hydroxylation is 1. The molecule has 2 amide bonds. The summed E-state index contributed by atoms with van der Waals surface area (Å²) >= 11 is 0. The van der Waals surface area contributed by atoms with Crippen LogP contribution < -0.4 is 4.74 Å². The van der Waals surface area contributed by atoms with Crippen LogP contribution in [0.1, 0.15) is 45.6 Å². The summed E-state index contributed by atoms with van der Waals surface area (Å²) in [6, 6.07) is 23.6. The lowest BCUT2D eigenvalue weighted by atomic mass is 9.87. The van der Waals surface area contributed by atoms with E-state index >= 15 is 0 Å². The van der Waals surface area contributed by atoms with E-state index in [0.717, 1.165) is 42.7 Å². The van der Waals surface area contributed by atoms with Crippen molar-refractivity contribution in [2.24, 2.45) is 0 Å². The smallest absolute Gasteiger partial charge is 0.263 e. The second-order valence-electron chi connectivity index (χ2n) is 10.5. The summed E-state index contributed by atoms with van der Waals surface area (Å²) in [6.07, 6.45) is 2.06. The van der Waals surface area contributed by atoms with Gasteiger partial charge in [-0.3, -0.25) is 14.5 Å². The number of hydrogen-bond donors (Lipinski definition) is 0. The minimum Gasteiger partial charge on any atom is -0.481 e. The zero-order valence-corrected chi connectivity index (χ0v) is 22.9. The number of carbonyl (C=O) groups is 2. The van der Waals surface area contributed by atoms with Crippen LogP contribution in [0.3, 0.4) is 0 Å². The zero-order chi connectivity index (χ0) is 27.4. The van der Waals surface area contributed by atoms with Crippen molar-refractivity contribution >= 4 is 11.8 Å². The molecule has 1 saturated heterocycles. The molecule has 39 heavy (non-hydrogen) atoms. The van der Waals surface area contributed by atoms with E-state index in [1.165, 1.54) is 5.56 Å². The highest BCUT2D eigenvalue weighted by atomic mass is 16.5. The minimum atomic E-state index is -0.600. The molecule has 5 rings (SSSR count). The first-order valence-electron chi connectivity index (χ1n) is 13.8. The highest BCUT2D eigenvalue weighted by molar-refractivity contribution is 5.95. The number of rotatable bonds is 7. The maximum Gasteiger partial charge on any atom is 0.263 e. The fraction of sp³-hybridized carbons (Fsp3) is 0.333. The Morgan fingerprint density at radius 1 is 0.974 bits per heavy atom. The van der Waals surface area contributed by atoms with Crippen molar-refractivity contribution in [1.29, 1.82) is 0 Å². The molecule has 0 spiro atoms. The molecule has 3 aromatic carbocycles. The molecule has 0 bridgehead atoms. The Bertz CT molecular complexity index is 1330. The topological polar surface area (TPSA) is 53.1 Å². The van der Waals surface area contributed by atoms with Crippen molar-refractivity contribution in [3.05, 3.63) is 113 Å². The Morgan fingerprint density at radius 2 is 1.74 bits per heavy atom. The lowest BCUT2D eigenvalue weighted by Crippen LogP contribution is -2.51. The predicted octanol–water partition coefficient (Wildman–Crippen LogP) is 4.88. The van der Waals surface area contributed by atoms with Gasteiger partial charge in [-0.2, -0.15) is 0 Å². The Kier molecular flexibility index (Phi) is 8.13. The van der Waals surface area contributed by atoms with Crippen LogP contribution in [-0.4, -0.2) is 71.9 Å². The molecular formula is C33H37N3O3. The van der Waals surface area contributed by atoms with Gasteiger partial charge in [-0.25, -0.2) is 0 Å². The highest BCUT2D eigenvalue weighted by Crippen LogP contribution is 2.38. The van der Waals surface area contributed by atoms with Gasteiger partial charge in [-0.05, 0) is 61.2 Å². The normalized spacial score (nSPS) is 18.3. The molecule has 0 aromatic heterocycles. The molecule has 0 N–H and O–H groups in total. The summed E-state index contributed by atoms with van der Waals surface area (Å²) in [4.78, 5) is 33.0. The van der Waals surface area contributed by atoms with Gasteiger partial charge < -0.3 is 14.5 Å². The van der Waals surface area contributed by atoms with Crippen LogP contribution in [0.4, 0.5) is 0 Å². The molecule has 1 fully saturated rings. The Hall–Kier alpha value is -3.90. The molecule has 202 valence electrons. The molecule has 0 saturated carbocycles. The summed E-state index contributed by atoms with van der Waals surface area (Å²) in [5.74, 6) is 0.659. The second-order valence-corrected chi connectivity index (χ2v) is 10.5. The first kappa shape index (κ1) is 26.7. The molecule has 2 atom stereocenters. The van der Waals surface area contributed by atoms with Gasteiger partial charge in [0.25, 0.3) is 11.8 Å². The molecule has 2 aliphatic rings. The standard InChI is InChI=1S/C33H37N3O3/c1-4-16-34-18-20-35(21-19-34)32(37)25(3)39-29-14-13-26-15-17-36(33(38)27-10-6-5-7-11-27)31(30(26)23-29)28-12-8-9-24(2)22-28/h4-14,22-23,25,31H,1,15-21H2,2-3H3/t25-,31-/m1/s1. The Morgan fingerprint density at radius 3 is 2.46 bits per heavy atom. The van der Waals surface area contributed by atoms with Crippen molar-refractivity contribution < 1.29 is 14.3 Å². The van der Waals surface area contributed by atoms with E-state index in [2.05, 4.69) is 42.7 Å². The first-order valence-corrected chi connectivity index (χ1v) is 13.8. The van der Waals surface area contributed by atoms with E-state index in [1.807, 2.05) is 71.3 Å². The van der Waals surface area contributed by atoms with Gasteiger partial charge in [0.05, 0.1) is 6.04 Å². The lowest BCUT2D eigenvalue weighted by Gasteiger charge is -2.38. The van der Waals surface area contributed by atoms with Crippen LogP contribution >= 0.6 is 0 Å². The maximum absolute atomic E-state index is 13.7. The van der Waals surface area contributed by atoms with Gasteiger partial charge in [0.15, 0.2) is 6.10 Å². The predicted molar refractivity (Wildman–Crippen MR) is 154 cm³/mol. The maximum atomic E-state index is 13.7. The molecule has 6 heteroatoms. The molecule has 0 aliphatic carbocycles. The second kappa shape index (κ2) is 11.9. The monoisotopic (exact) mass is 523 g/mol. The summed E-state index contributed by atoms with van der Waals surface area (Å²) < 4.78 is 6.23. The SMILES string of the molecule is C=CCN1CCN(C(=O)[C@@H](C)Oc2ccc3c(c2)[C@@H](c2cccc(C)c2)N(C(=O)c2ccccc2)CC3)CC1. The first-order chi connectivity index (χ1) is 18.9. The number of fused-ring (bicyclic) bond motifs is 1. The Labute approximate surface area is 231 Å². The van der Waals surface area contributed by atoms with Crippen molar-refractivity contribution in [1.82, 2.24) is 14.7 Å². The van der Waals surface area contributed by atoms with E-state index in [0.29, 0.717) is 30.9 Å². The Balaban J connectivity index is 1.40. The molecule has 6 nitrogen and oxygen atoms in total. The number of nitrogens with zero attached hydrogens (tertiary/aromatic N) is 3. The van der Waals surface area contributed by atoms with Crippen LogP contribution in [0.15, 0.2) is 85.5 Å². The third-order valence-corrected chi connectivity index (χ3v) is 7.72. The van der Waals surface area contributed by atoms with E-state index in [-0.39, 0.29) is 17.9 Å². The van der Waals surface area contributed by atoms with Crippen LogP contribution in [0.5, 0.6) is 5.75 Å². The van der Waals surface area contributed by atoms with Crippen molar-refractivity contribution in [2.45, 2.75) is 32.4 Å². The van der Waals surface area contributed by atoms with Gasteiger partial charge in [0.1, 0.15) is 5.75 Å². The number of piperazine rings is 1. The van der Waals surface area contributed by atoms with E-state index in [4.69, 9.17) is 4.74 Å². The van der Waals surface area contributed by atoms with Crippen LogP contribution in [0, 0.1) is 6.92 Å². The van der Waals surface area contributed by atoms with E-state index < -0.39 is 6.10 Å². The van der Waals surface area contributed by atoms with Crippen LogP contribution in [-0.2, 0) is 11.2 Å². The number of amides is 2. The van der Waals surface area contributed by atoms with Gasteiger partial charge in [0.2, 0.25) is 0 Å². The molecule has 2 heterocycles.